The monoisotopic (exact) mass is 443 g/mol. The summed E-state index contributed by atoms with van der Waals surface area (Å²) in [6, 6.07) is 1.75. The minimum atomic E-state index is -1.48. The Morgan fingerprint density at radius 1 is 1.12 bits per heavy atom. The summed E-state index contributed by atoms with van der Waals surface area (Å²) in [5.41, 5.74) is 3.93. The van der Waals surface area contributed by atoms with Gasteiger partial charge < -0.3 is 4.90 Å². The second kappa shape index (κ2) is 7.50. The van der Waals surface area contributed by atoms with Crippen molar-refractivity contribution in [1.82, 2.24) is 24.5 Å². The normalized spacial score (nSPS) is 19.9. The van der Waals surface area contributed by atoms with Gasteiger partial charge in [0.1, 0.15) is 0 Å². The number of hydrogen-bond donors (Lipinski definition) is 0. The molecule has 5 rings (SSSR count). The van der Waals surface area contributed by atoms with Crippen molar-refractivity contribution in [3.63, 3.8) is 0 Å². The molecule has 0 radical (unpaired) electrons. The van der Waals surface area contributed by atoms with Crippen LogP contribution in [0.1, 0.15) is 59.5 Å². The summed E-state index contributed by atoms with van der Waals surface area (Å²) in [5, 5.41) is 8.94. The van der Waals surface area contributed by atoms with E-state index in [9.17, 15) is 18.0 Å². The van der Waals surface area contributed by atoms with Crippen molar-refractivity contribution in [3.8, 4) is 11.3 Å². The number of aromatic nitrogens is 4. The maximum atomic E-state index is 13.9. The van der Waals surface area contributed by atoms with Crippen LogP contribution in [0.2, 0.25) is 0 Å². The minimum Gasteiger partial charge on any atom is -0.327 e. The van der Waals surface area contributed by atoms with Crippen LogP contribution in [0.15, 0.2) is 18.3 Å². The van der Waals surface area contributed by atoms with Gasteiger partial charge in [-0.1, -0.05) is 6.92 Å². The largest absolute Gasteiger partial charge is 0.327 e. The van der Waals surface area contributed by atoms with E-state index in [1.165, 1.54) is 0 Å². The highest BCUT2D eigenvalue weighted by Gasteiger charge is 2.44. The van der Waals surface area contributed by atoms with Crippen molar-refractivity contribution in [2.45, 2.75) is 51.1 Å². The molecule has 2 unspecified atom stereocenters. The molecule has 0 spiro atoms. The molecule has 6 nitrogen and oxygen atoms in total. The number of fused-ring (bicyclic) bond motifs is 4. The van der Waals surface area contributed by atoms with E-state index in [1.54, 1.807) is 22.6 Å². The van der Waals surface area contributed by atoms with Crippen LogP contribution in [0.4, 0.5) is 13.2 Å². The lowest BCUT2D eigenvalue weighted by Gasteiger charge is -2.45. The molecule has 168 valence electrons. The van der Waals surface area contributed by atoms with Crippen molar-refractivity contribution < 1.29 is 18.0 Å². The number of hydrogen-bond acceptors (Lipinski definition) is 3. The number of nitrogens with zero attached hydrogens (tertiary/aromatic N) is 5. The first-order valence-electron chi connectivity index (χ1n) is 10.9. The van der Waals surface area contributed by atoms with Crippen molar-refractivity contribution in [2.24, 2.45) is 14.1 Å². The van der Waals surface area contributed by atoms with Gasteiger partial charge in [-0.3, -0.25) is 14.2 Å². The smallest absolute Gasteiger partial charge is 0.258 e. The van der Waals surface area contributed by atoms with E-state index in [0.717, 1.165) is 48.3 Å². The van der Waals surface area contributed by atoms with E-state index in [0.29, 0.717) is 24.1 Å². The van der Waals surface area contributed by atoms with Gasteiger partial charge >= 0.3 is 0 Å². The van der Waals surface area contributed by atoms with Crippen molar-refractivity contribution in [1.29, 1.82) is 0 Å². The number of rotatable bonds is 3. The molecule has 1 saturated heterocycles. The van der Waals surface area contributed by atoms with Crippen LogP contribution >= 0.6 is 0 Å². The summed E-state index contributed by atoms with van der Waals surface area (Å²) in [5.74, 6) is -4.00. The fraction of sp³-hybridized carbons (Fsp3) is 0.435. The summed E-state index contributed by atoms with van der Waals surface area (Å²) in [6.07, 6.45) is 5.42. The third-order valence-electron chi connectivity index (χ3n) is 6.79. The molecule has 1 amide bonds. The highest BCUT2D eigenvalue weighted by atomic mass is 19.2. The summed E-state index contributed by atoms with van der Waals surface area (Å²) in [6.45, 7) is 1.99. The summed E-state index contributed by atoms with van der Waals surface area (Å²) in [4.78, 5) is 15.5. The number of carbonyl (C=O) groups is 1. The number of piperidine rings is 1. The Balaban J connectivity index is 1.60. The molecule has 0 aliphatic carbocycles. The first kappa shape index (κ1) is 20.8. The molecular formula is C23H24F3N5O. The second-order valence-corrected chi connectivity index (χ2v) is 8.59. The molecule has 2 aromatic heterocycles. The van der Waals surface area contributed by atoms with Gasteiger partial charge in [0, 0.05) is 31.3 Å². The van der Waals surface area contributed by atoms with Crippen molar-refractivity contribution in [3.05, 3.63) is 58.3 Å². The lowest BCUT2D eigenvalue weighted by Crippen LogP contribution is -2.50. The molecule has 0 N–H and O–H groups in total. The third-order valence-corrected chi connectivity index (χ3v) is 6.79. The van der Waals surface area contributed by atoms with Crippen molar-refractivity contribution >= 4 is 5.91 Å². The lowest BCUT2D eigenvalue weighted by molar-refractivity contribution is 0.0390. The van der Waals surface area contributed by atoms with E-state index in [1.807, 2.05) is 18.9 Å². The average Bonchev–Trinajstić information content (AvgIpc) is 3.29. The van der Waals surface area contributed by atoms with Gasteiger partial charge in [0.15, 0.2) is 17.5 Å². The standard InChI is InChI=1S/C23H24F3N5O/c1-4-18-15(11-27-29(18)2)23(32)31-13-6-5-7-19(31)21-14(10-13)22(30(3)28-21)12-8-16(24)20(26)17(25)9-12/h8-9,11,13,19H,4-7,10H2,1-3H3. The highest BCUT2D eigenvalue weighted by Crippen LogP contribution is 2.45. The predicted molar refractivity (Wildman–Crippen MR) is 111 cm³/mol. The van der Waals surface area contributed by atoms with Crippen LogP contribution in [0.3, 0.4) is 0 Å². The average molecular weight is 443 g/mol. The molecule has 1 aromatic carbocycles. The molecule has 4 heterocycles. The fourth-order valence-electron chi connectivity index (χ4n) is 5.40. The zero-order valence-electron chi connectivity index (χ0n) is 18.2. The molecule has 2 aliphatic heterocycles. The summed E-state index contributed by atoms with van der Waals surface area (Å²) in [7, 11) is 3.54. The SMILES string of the molecule is CCc1c(C(=O)N2C3CCCC2c2nn(C)c(-c4cc(F)c(F)c(F)c4)c2C3)cnn1C. The number of halogens is 3. The maximum Gasteiger partial charge on any atom is 0.258 e. The Labute approximate surface area is 183 Å². The summed E-state index contributed by atoms with van der Waals surface area (Å²) < 4.78 is 44.7. The van der Waals surface area contributed by atoms with Gasteiger partial charge in [0.2, 0.25) is 0 Å². The topological polar surface area (TPSA) is 56.0 Å². The van der Waals surface area contributed by atoms with Crippen LogP contribution in [0, 0.1) is 17.5 Å². The molecule has 1 fully saturated rings. The molecule has 3 aromatic rings. The predicted octanol–water partition coefficient (Wildman–Crippen LogP) is 4.09. The van der Waals surface area contributed by atoms with Crippen molar-refractivity contribution in [2.75, 3.05) is 0 Å². The first-order valence-corrected chi connectivity index (χ1v) is 10.9. The van der Waals surface area contributed by atoms with E-state index < -0.39 is 17.5 Å². The number of carbonyl (C=O) groups excluding carboxylic acids is 1. The fourth-order valence-corrected chi connectivity index (χ4v) is 5.40. The Morgan fingerprint density at radius 2 is 1.84 bits per heavy atom. The Morgan fingerprint density at radius 3 is 2.53 bits per heavy atom. The van der Waals surface area contributed by atoms with Gasteiger partial charge in [0.05, 0.1) is 34.9 Å². The second-order valence-electron chi connectivity index (χ2n) is 8.59. The van der Waals surface area contributed by atoms with Gasteiger partial charge in [-0.05, 0) is 44.2 Å². The van der Waals surface area contributed by atoms with E-state index >= 15 is 0 Å². The molecule has 2 aliphatic rings. The molecule has 32 heavy (non-hydrogen) atoms. The molecular weight excluding hydrogens is 419 g/mol. The zero-order valence-corrected chi connectivity index (χ0v) is 18.2. The number of benzene rings is 1. The van der Waals surface area contributed by atoms with Gasteiger partial charge in [-0.15, -0.1) is 0 Å². The Bertz CT molecular complexity index is 1210. The Kier molecular flexibility index (Phi) is 4.87. The van der Waals surface area contributed by atoms with E-state index in [4.69, 9.17) is 0 Å². The lowest BCUT2D eigenvalue weighted by atomic mass is 9.81. The highest BCUT2D eigenvalue weighted by molar-refractivity contribution is 5.96. The van der Waals surface area contributed by atoms with Crippen LogP contribution in [-0.2, 0) is 26.9 Å². The quantitative estimate of drug-likeness (QED) is 0.573. The van der Waals surface area contributed by atoms with Gasteiger partial charge in [-0.2, -0.15) is 10.2 Å². The number of amides is 1. The third kappa shape index (κ3) is 2.97. The molecule has 0 saturated carbocycles. The van der Waals surface area contributed by atoms with Crippen LogP contribution in [0.5, 0.6) is 0 Å². The Hall–Kier alpha value is -3.10. The molecule has 2 atom stereocenters. The van der Waals surface area contributed by atoms with E-state index in [-0.39, 0.29) is 23.6 Å². The van der Waals surface area contributed by atoms with Crippen LogP contribution < -0.4 is 0 Å². The van der Waals surface area contributed by atoms with Crippen LogP contribution in [-0.4, -0.2) is 36.4 Å². The summed E-state index contributed by atoms with van der Waals surface area (Å²) >= 11 is 0. The minimum absolute atomic E-state index is 0.0447. The zero-order chi connectivity index (χ0) is 22.7. The molecule has 2 bridgehead atoms. The van der Waals surface area contributed by atoms with Gasteiger partial charge in [0.25, 0.3) is 5.91 Å². The maximum absolute atomic E-state index is 13.9. The van der Waals surface area contributed by atoms with Crippen LogP contribution in [0.25, 0.3) is 11.3 Å². The molecule has 9 heteroatoms. The van der Waals surface area contributed by atoms with Gasteiger partial charge in [-0.25, -0.2) is 13.2 Å². The van der Waals surface area contributed by atoms with E-state index in [2.05, 4.69) is 10.2 Å². The number of aryl methyl sites for hydroxylation is 2. The first-order chi connectivity index (χ1) is 15.3.